The summed E-state index contributed by atoms with van der Waals surface area (Å²) >= 11 is 0. The van der Waals surface area contributed by atoms with Crippen molar-refractivity contribution >= 4 is 0 Å². The molecule has 0 aliphatic heterocycles. The zero-order valence-corrected chi connectivity index (χ0v) is 11.1. The van der Waals surface area contributed by atoms with E-state index in [9.17, 15) is 0 Å². The van der Waals surface area contributed by atoms with Gasteiger partial charge in [-0.3, -0.25) is 0 Å². The second kappa shape index (κ2) is 6.52. The lowest BCUT2D eigenvalue weighted by molar-refractivity contribution is 0.234. The first kappa shape index (κ1) is 13.0. The minimum absolute atomic E-state index is 0.664. The molecule has 0 amide bonds. The summed E-state index contributed by atoms with van der Waals surface area (Å²) in [5.41, 5.74) is 0. The van der Waals surface area contributed by atoms with Gasteiger partial charge in [-0.25, -0.2) is 0 Å². The fourth-order valence-corrected chi connectivity index (χ4v) is 2.65. The first-order valence-electron chi connectivity index (χ1n) is 6.91. The number of rotatable bonds is 5. The van der Waals surface area contributed by atoms with E-state index < -0.39 is 0 Å². The number of hydrogen-bond acceptors (Lipinski definition) is 1. The van der Waals surface area contributed by atoms with Gasteiger partial charge in [-0.2, -0.15) is 0 Å². The fourth-order valence-electron chi connectivity index (χ4n) is 2.65. The molecular formula is C14H29N. The average Bonchev–Trinajstić information content (AvgIpc) is 2.26. The topological polar surface area (TPSA) is 12.0 Å². The number of hydrogen-bond donors (Lipinski definition) is 1. The van der Waals surface area contributed by atoms with Gasteiger partial charge in [0.05, 0.1) is 0 Å². The summed E-state index contributed by atoms with van der Waals surface area (Å²) in [6.45, 7) is 9.28. The van der Waals surface area contributed by atoms with Crippen LogP contribution >= 0.6 is 0 Å². The Hall–Kier alpha value is -0.0400. The van der Waals surface area contributed by atoms with E-state index >= 15 is 0 Å². The Morgan fingerprint density at radius 3 is 2.13 bits per heavy atom. The highest BCUT2D eigenvalue weighted by molar-refractivity contribution is 4.81. The molecule has 2 unspecified atom stereocenters. The SMILES string of the molecule is CCC(NC(C)C(C)C)C1CCCCC1. The van der Waals surface area contributed by atoms with Crippen molar-refractivity contribution in [1.82, 2.24) is 5.32 Å². The lowest BCUT2D eigenvalue weighted by Crippen LogP contribution is -2.44. The molecule has 0 aromatic carbocycles. The molecule has 90 valence electrons. The third kappa shape index (κ3) is 4.14. The molecule has 1 heteroatoms. The molecule has 1 aliphatic rings. The molecule has 1 fully saturated rings. The summed E-state index contributed by atoms with van der Waals surface area (Å²) in [4.78, 5) is 0. The lowest BCUT2D eigenvalue weighted by Gasteiger charge is -2.33. The van der Waals surface area contributed by atoms with Crippen LogP contribution in [0.5, 0.6) is 0 Å². The van der Waals surface area contributed by atoms with E-state index in [1.54, 1.807) is 0 Å². The Balaban J connectivity index is 2.39. The van der Waals surface area contributed by atoms with Crippen molar-refractivity contribution in [3.8, 4) is 0 Å². The van der Waals surface area contributed by atoms with Crippen LogP contribution in [0.15, 0.2) is 0 Å². The second-order valence-electron chi connectivity index (χ2n) is 5.61. The molecular weight excluding hydrogens is 182 g/mol. The van der Waals surface area contributed by atoms with E-state index in [0.717, 1.165) is 17.9 Å². The highest BCUT2D eigenvalue weighted by Crippen LogP contribution is 2.28. The first-order valence-corrected chi connectivity index (χ1v) is 6.91. The Morgan fingerprint density at radius 1 is 1.07 bits per heavy atom. The smallest absolute Gasteiger partial charge is 0.00952 e. The van der Waals surface area contributed by atoms with Crippen LogP contribution < -0.4 is 5.32 Å². The van der Waals surface area contributed by atoms with Crippen molar-refractivity contribution < 1.29 is 0 Å². The molecule has 1 rings (SSSR count). The molecule has 1 N–H and O–H groups in total. The third-order valence-corrected chi connectivity index (χ3v) is 4.14. The van der Waals surface area contributed by atoms with E-state index in [4.69, 9.17) is 0 Å². The Bertz CT molecular complexity index is 159. The molecule has 0 aromatic heterocycles. The van der Waals surface area contributed by atoms with Crippen LogP contribution in [0.25, 0.3) is 0 Å². The lowest BCUT2D eigenvalue weighted by atomic mass is 9.82. The van der Waals surface area contributed by atoms with Crippen LogP contribution in [-0.2, 0) is 0 Å². The molecule has 0 aromatic rings. The van der Waals surface area contributed by atoms with Crippen LogP contribution in [0.1, 0.15) is 66.2 Å². The standard InChI is InChI=1S/C14H29N/c1-5-14(15-12(4)11(2)3)13-9-7-6-8-10-13/h11-15H,5-10H2,1-4H3. The Kier molecular flexibility index (Phi) is 5.66. The van der Waals surface area contributed by atoms with Crippen molar-refractivity contribution in [2.75, 3.05) is 0 Å². The van der Waals surface area contributed by atoms with E-state index in [1.165, 1.54) is 38.5 Å². The maximum Gasteiger partial charge on any atom is 0.00952 e. The van der Waals surface area contributed by atoms with Crippen molar-refractivity contribution in [2.45, 2.75) is 78.3 Å². The quantitative estimate of drug-likeness (QED) is 0.725. The largest absolute Gasteiger partial charge is 0.311 e. The monoisotopic (exact) mass is 211 g/mol. The predicted octanol–water partition coefficient (Wildman–Crippen LogP) is 3.98. The fraction of sp³-hybridized carbons (Fsp3) is 1.00. The van der Waals surface area contributed by atoms with Crippen molar-refractivity contribution in [3.63, 3.8) is 0 Å². The van der Waals surface area contributed by atoms with Gasteiger partial charge < -0.3 is 5.32 Å². The van der Waals surface area contributed by atoms with E-state index in [0.29, 0.717) is 6.04 Å². The molecule has 1 saturated carbocycles. The third-order valence-electron chi connectivity index (χ3n) is 4.14. The van der Waals surface area contributed by atoms with Gasteiger partial charge in [-0.15, -0.1) is 0 Å². The van der Waals surface area contributed by atoms with Crippen LogP contribution in [0, 0.1) is 11.8 Å². The predicted molar refractivity (Wildman–Crippen MR) is 68.1 cm³/mol. The van der Waals surface area contributed by atoms with Gasteiger partial charge in [0.2, 0.25) is 0 Å². The van der Waals surface area contributed by atoms with Gasteiger partial charge in [-0.1, -0.05) is 40.0 Å². The normalized spacial score (nSPS) is 23.0. The Labute approximate surface area is 96.0 Å². The minimum Gasteiger partial charge on any atom is -0.311 e. The summed E-state index contributed by atoms with van der Waals surface area (Å²) in [5, 5.41) is 3.84. The van der Waals surface area contributed by atoms with Gasteiger partial charge in [0.25, 0.3) is 0 Å². The highest BCUT2D eigenvalue weighted by atomic mass is 15.0. The van der Waals surface area contributed by atoms with E-state index in [1.807, 2.05) is 0 Å². The van der Waals surface area contributed by atoms with Gasteiger partial charge in [0.1, 0.15) is 0 Å². The Morgan fingerprint density at radius 2 is 1.67 bits per heavy atom. The summed E-state index contributed by atoms with van der Waals surface area (Å²) < 4.78 is 0. The van der Waals surface area contributed by atoms with Gasteiger partial charge >= 0.3 is 0 Å². The van der Waals surface area contributed by atoms with Gasteiger partial charge in [-0.05, 0) is 38.0 Å². The zero-order chi connectivity index (χ0) is 11.3. The second-order valence-corrected chi connectivity index (χ2v) is 5.61. The van der Waals surface area contributed by atoms with Crippen molar-refractivity contribution in [3.05, 3.63) is 0 Å². The highest BCUT2D eigenvalue weighted by Gasteiger charge is 2.23. The van der Waals surface area contributed by atoms with Gasteiger partial charge in [0.15, 0.2) is 0 Å². The summed E-state index contributed by atoms with van der Waals surface area (Å²) in [5.74, 6) is 1.70. The summed E-state index contributed by atoms with van der Waals surface area (Å²) in [6, 6.07) is 1.43. The maximum absolute atomic E-state index is 3.84. The zero-order valence-electron chi connectivity index (χ0n) is 11.1. The van der Waals surface area contributed by atoms with Crippen molar-refractivity contribution in [1.29, 1.82) is 0 Å². The molecule has 0 heterocycles. The number of nitrogens with one attached hydrogen (secondary N) is 1. The van der Waals surface area contributed by atoms with Crippen LogP contribution in [0.4, 0.5) is 0 Å². The molecule has 0 spiro atoms. The molecule has 0 bridgehead atoms. The van der Waals surface area contributed by atoms with Crippen LogP contribution in [-0.4, -0.2) is 12.1 Å². The molecule has 0 saturated heterocycles. The first-order chi connectivity index (χ1) is 7.15. The van der Waals surface area contributed by atoms with Crippen LogP contribution in [0.2, 0.25) is 0 Å². The van der Waals surface area contributed by atoms with E-state index in [-0.39, 0.29) is 0 Å². The summed E-state index contributed by atoms with van der Waals surface area (Å²) in [7, 11) is 0. The van der Waals surface area contributed by atoms with Crippen LogP contribution in [0.3, 0.4) is 0 Å². The summed E-state index contributed by atoms with van der Waals surface area (Å²) in [6.07, 6.45) is 8.58. The maximum atomic E-state index is 3.84. The average molecular weight is 211 g/mol. The van der Waals surface area contributed by atoms with Crippen molar-refractivity contribution in [2.24, 2.45) is 11.8 Å². The molecule has 15 heavy (non-hydrogen) atoms. The van der Waals surface area contributed by atoms with Gasteiger partial charge in [0, 0.05) is 12.1 Å². The van der Waals surface area contributed by atoms with E-state index in [2.05, 4.69) is 33.0 Å². The minimum atomic E-state index is 0.664. The molecule has 1 nitrogen and oxygen atoms in total. The molecule has 1 aliphatic carbocycles. The molecule has 0 radical (unpaired) electrons. The molecule has 2 atom stereocenters.